The monoisotopic (exact) mass is 290 g/mol. The average molecular weight is 290 g/mol. The van der Waals surface area contributed by atoms with Gasteiger partial charge in [0, 0.05) is 31.9 Å². The molecule has 0 radical (unpaired) electrons. The number of rotatable bonds is 4. The van der Waals surface area contributed by atoms with Crippen molar-refractivity contribution >= 4 is 9.84 Å². The van der Waals surface area contributed by atoms with Crippen LogP contribution < -0.4 is 5.32 Å². The molecule has 1 aliphatic heterocycles. The van der Waals surface area contributed by atoms with Gasteiger partial charge >= 0.3 is 0 Å². The molecule has 2 aliphatic rings. The zero-order valence-corrected chi connectivity index (χ0v) is 12.8. The van der Waals surface area contributed by atoms with E-state index in [1.807, 2.05) is 0 Å². The molecule has 0 aromatic carbocycles. The molecule has 5 nitrogen and oxygen atoms in total. The molecule has 0 spiro atoms. The van der Waals surface area contributed by atoms with E-state index in [1.54, 1.807) is 0 Å². The van der Waals surface area contributed by atoms with E-state index in [9.17, 15) is 8.42 Å². The SMILES string of the molecule is CN(CC1CNCCO1)C1CCCC(S(C)(=O)=O)C1. The zero-order chi connectivity index (χ0) is 13.9. The molecule has 3 unspecified atom stereocenters. The lowest BCUT2D eigenvalue weighted by Crippen LogP contribution is -2.48. The van der Waals surface area contributed by atoms with Gasteiger partial charge < -0.3 is 15.0 Å². The average Bonchev–Trinajstić information content (AvgIpc) is 2.39. The molecule has 0 amide bonds. The van der Waals surface area contributed by atoms with Crippen LogP contribution in [0.1, 0.15) is 25.7 Å². The Hall–Kier alpha value is -0.170. The third kappa shape index (κ3) is 4.41. The van der Waals surface area contributed by atoms with Crippen molar-refractivity contribution in [1.82, 2.24) is 10.2 Å². The van der Waals surface area contributed by atoms with Crippen LogP contribution in [0.15, 0.2) is 0 Å². The van der Waals surface area contributed by atoms with Gasteiger partial charge in [0.15, 0.2) is 0 Å². The topological polar surface area (TPSA) is 58.6 Å². The highest BCUT2D eigenvalue weighted by atomic mass is 32.2. The van der Waals surface area contributed by atoms with Gasteiger partial charge in [0.2, 0.25) is 0 Å². The van der Waals surface area contributed by atoms with Crippen LogP contribution in [0.5, 0.6) is 0 Å². The third-order valence-electron chi connectivity index (χ3n) is 4.32. The molecule has 2 rings (SSSR count). The first-order valence-electron chi connectivity index (χ1n) is 7.18. The van der Waals surface area contributed by atoms with Crippen molar-refractivity contribution in [1.29, 1.82) is 0 Å². The predicted octanol–water partition coefficient (Wildman–Crippen LogP) is 0.262. The third-order valence-corrected chi connectivity index (χ3v) is 5.96. The van der Waals surface area contributed by atoms with Crippen LogP contribution in [0, 0.1) is 0 Å². The summed E-state index contributed by atoms with van der Waals surface area (Å²) in [6.45, 7) is 3.48. The second-order valence-corrected chi connectivity index (χ2v) is 8.23. The summed E-state index contributed by atoms with van der Waals surface area (Å²) in [7, 11) is -0.805. The van der Waals surface area contributed by atoms with Crippen molar-refractivity contribution in [2.24, 2.45) is 0 Å². The zero-order valence-electron chi connectivity index (χ0n) is 12.0. The van der Waals surface area contributed by atoms with Gasteiger partial charge in [-0.2, -0.15) is 0 Å². The highest BCUT2D eigenvalue weighted by Gasteiger charge is 2.31. The van der Waals surface area contributed by atoms with E-state index in [0.717, 1.165) is 51.9 Å². The smallest absolute Gasteiger partial charge is 0.150 e. The molecule has 1 aliphatic carbocycles. The Balaban J connectivity index is 1.86. The summed E-state index contributed by atoms with van der Waals surface area (Å²) in [5.41, 5.74) is 0. The van der Waals surface area contributed by atoms with Gasteiger partial charge in [0.05, 0.1) is 18.0 Å². The van der Waals surface area contributed by atoms with Crippen molar-refractivity contribution in [3.05, 3.63) is 0 Å². The first-order valence-corrected chi connectivity index (χ1v) is 9.13. The fraction of sp³-hybridized carbons (Fsp3) is 1.00. The van der Waals surface area contributed by atoms with E-state index in [-0.39, 0.29) is 11.4 Å². The summed E-state index contributed by atoms with van der Waals surface area (Å²) in [4.78, 5) is 2.29. The van der Waals surface area contributed by atoms with Gasteiger partial charge in [-0.3, -0.25) is 0 Å². The summed E-state index contributed by atoms with van der Waals surface area (Å²) in [5, 5.41) is 3.17. The minimum absolute atomic E-state index is 0.154. The molecule has 19 heavy (non-hydrogen) atoms. The predicted molar refractivity (Wildman–Crippen MR) is 76.1 cm³/mol. The van der Waals surface area contributed by atoms with Crippen LogP contribution in [-0.2, 0) is 14.6 Å². The fourth-order valence-electron chi connectivity index (χ4n) is 3.12. The molecule has 1 heterocycles. The summed E-state index contributed by atoms with van der Waals surface area (Å²) in [6.07, 6.45) is 5.31. The Morgan fingerprint density at radius 1 is 1.37 bits per heavy atom. The number of hydrogen-bond acceptors (Lipinski definition) is 5. The maximum absolute atomic E-state index is 11.7. The van der Waals surface area contributed by atoms with Crippen LogP contribution in [0.25, 0.3) is 0 Å². The molecule has 2 fully saturated rings. The van der Waals surface area contributed by atoms with Crippen LogP contribution in [0.4, 0.5) is 0 Å². The van der Waals surface area contributed by atoms with E-state index in [1.165, 1.54) is 6.26 Å². The van der Waals surface area contributed by atoms with E-state index in [0.29, 0.717) is 6.04 Å². The van der Waals surface area contributed by atoms with Crippen molar-refractivity contribution in [2.45, 2.75) is 43.1 Å². The van der Waals surface area contributed by atoms with Gasteiger partial charge in [-0.25, -0.2) is 8.42 Å². The van der Waals surface area contributed by atoms with Crippen molar-refractivity contribution in [3.63, 3.8) is 0 Å². The minimum atomic E-state index is -2.90. The molecule has 0 aromatic rings. The van der Waals surface area contributed by atoms with E-state index in [2.05, 4.69) is 17.3 Å². The molecular formula is C13H26N2O3S. The van der Waals surface area contributed by atoms with Gasteiger partial charge in [-0.15, -0.1) is 0 Å². The number of nitrogens with zero attached hydrogens (tertiary/aromatic N) is 1. The summed E-state index contributed by atoms with van der Waals surface area (Å²) < 4.78 is 29.1. The highest BCUT2D eigenvalue weighted by molar-refractivity contribution is 7.91. The lowest BCUT2D eigenvalue weighted by molar-refractivity contribution is -0.0000611. The van der Waals surface area contributed by atoms with Crippen molar-refractivity contribution in [3.8, 4) is 0 Å². The number of hydrogen-bond donors (Lipinski definition) is 1. The number of ether oxygens (including phenoxy) is 1. The van der Waals surface area contributed by atoms with E-state index >= 15 is 0 Å². The number of nitrogens with one attached hydrogen (secondary N) is 1. The molecule has 1 saturated heterocycles. The standard InChI is InChI=1S/C13H26N2O3S/c1-15(10-12-9-14-6-7-18-12)11-4-3-5-13(8-11)19(2,16)17/h11-14H,3-10H2,1-2H3. The van der Waals surface area contributed by atoms with Crippen LogP contribution in [0.2, 0.25) is 0 Å². The van der Waals surface area contributed by atoms with Gasteiger partial charge in [0.1, 0.15) is 9.84 Å². The number of likely N-dealkylation sites (N-methyl/N-ethyl adjacent to an activating group) is 1. The van der Waals surface area contributed by atoms with E-state index < -0.39 is 9.84 Å². The maximum Gasteiger partial charge on any atom is 0.150 e. The second kappa shape index (κ2) is 6.52. The molecule has 0 bridgehead atoms. The van der Waals surface area contributed by atoms with Crippen LogP contribution in [0.3, 0.4) is 0 Å². The van der Waals surface area contributed by atoms with Crippen LogP contribution in [-0.4, -0.2) is 70.3 Å². The van der Waals surface area contributed by atoms with Crippen molar-refractivity contribution in [2.75, 3.05) is 39.5 Å². The Kier molecular flexibility index (Phi) is 5.22. The Labute approximate surface area is 116 Å². The molecule has 1 saturated carbocycles. The Morgan fingerprint density at radius 3 is 2.79 bits per heavy atom. The molecule has 3 atom stereocenters. The van der Waals surface area contributed by atoms with Gasteiger partial charge in [-0.1, -0.05) is 6.42 Å². The van der Waals surface area contributed by atoms with Gasteiger partial charge in [0.25, 0.3) is 0 Å². The first kappa shape index (κ1) is 15.2. The van der Waals surface area contributed by atoms with Crippen molar-refractivity contribution < 1.29 is 13.2 Å². The summed E-state index contributed by atoms with van der Waals surface area (Å²) >= 11 is 0. The lowest BCUT2D eigenvalue weighted by Gasteiger charge is -2.37. The van der Waals surface area contributed by atoms with Gasteiger partial charge in [-0.05, 0) is 26.3 Å². The molecule has 0 aromatic heterocycles. The first-order chi connectivity index (χ1) is 8.97. The minimum Gasteiger partial charge on any atom is -0.374 e. The number of sulfone groups is 1. The fourth-order valence-corrected chi connectivity index (χ4v) is 4.28. The molecule has 1 N–H and O–H groups in total. The Bertz CT molecular complexity index is 379. The summed E-state index contributed by atoms with van der Waals surface area (Å²) in [5.74, 6) is 0. The molecule has 112 valence electrons. The van der Waals surface area contributed by atoms with Crippen LogP contribution >= 0.6 is 0 Å². The molecule has 6 heteroatoms. The van der Waals surface area contributed by atoms with E-state index in [4.69, 9.17) is 4.74 Å². The molecular weight excluding hydrogens is 264 g/mol. The normalized spacial score (nSPS) is 33.5. The highest BCUT2D eigenvalue weighted by Crippen LogP contribution is 2.27. The largest absolute Gasteiger partial charge is 0.374 e. The summed E-state index contributed by atoms with van der Waals surface area (Å²) in [6, 6.07) is 0.374. The second-order valence-electron chi connectivity index (χ2n) is 5.91. The Morgan fingerprint density at radius 2 is 2.16 bits per heavy atom. The number of morpholine rings is 1. The lowest BCUT2D eigenvalue weighted by atomic mass is 9.94. The maximum atomic E-state index is 11.7. The quantitative estimate of drug-likeness (QED) is 0.805.